The van der Waals surface area contributed by atoms with Crippen LogP contribution in [0, 0.1) is 0 Å². The molecule has 72 valence electrons. The van der Waals surface area contributed by atoms with Crippen LogP contribution in [0.4, 0.5) is 0 Å². The Morgan fingerprint density at radius 1 is 1.29 bits per heavy atom. The van der Waals surface area contributed by atoms with Gasteiger partial charge in [0.15, 0.2) is 5.82 Å². The first kappa shape index (κ1) is 9.33. The molecule has 0 unspecified atom stereocenters. The van der Waals surface area contributed by atoms with Crippen LogP contribution in [0.5, 0.6) is 0 Å². The minimum absolute atomic E-state index is 0.757. The average molecular weight is 253 g/mol. The SMILES string of the molecule is CCc1nnn(-c2ccc(Br)cc2)n1. The molecule has 0 saturated carbocycles. The Morgan fingerprint density at radius 3 is 2.57 bits per heavy atom. The van der Waals surface area contributed by atoms with Crippen LogP contribution in [0.1, 0.15) is 12.7 Å². The second-order valence-electron chi connectivity index (χ2n) is 2.83. The van der Waals surface area contributed by atoms with Crippen LogP contribution in [0.15, 0.2) is 28.7 Å². The summed E-state index contributed by atoms with van der Waals surface area (Å²) < 4.78 is 1.04. The van der Waals surface area contributed by atoms with E-state index < -0.39 is 0 Å². The maximum absolute atomic E-state index is 4.21. The van der Waals surface area contributed by atoms with Crippen molar-refractivity contribution in [2.24, 2.45) is 0 Å². The fraction of sp³-hybridized carbons (Fsp3) is 0.222. The average Bonchev–Trinajstić information content (AvgIpc) is 2.67. The highest BCUT2D eigenvalue weighted by molar-refractivity contribution is 9.10. The molecule has 0 radical (unpaired) electrons. The molecule has 5 heteroatoms. The van der Waals surface area contributed by atoms with Crippen molar-refractivity contribution in [3.8, 4) is 5.69 Å². The Hall–Kier alpha value is -1.23. The standard InChI is InChI=1S/C9H9BrN4/c1-2-9-11-13-14(12-9)8-5-3-7(10)4-6-8/h3-6H,2H2,1H3. The van der Waals surface area contributed by atoms with Gasteiger partial charge in [0, 0.05) is 10.9 Å². The number of hydrogen-bond acceptors (Lipinski definition) is 3. The first-order valence-electron chi connectivity index (χ1n) is 4.34. The summed E-state index contributed by atoms with van der Waals surface area (Å²) in [5, 5.41) is 12.1. The van der Waals surface area contributed by atoms with E-state index in [-0.39, 0.29) is 0 Å². The van der Waals surface area contributed by atoms with Gasteiger partial charge in [0.05, 0.1) is 5.69 Å². The normalized spacial score (nSPS) is 10.4. The second kappa shape index (κ2) is 3.88. The van der Waals surface area contributed by atoms with E-state index in [1.54, 1.807) is 0 Å². The van der Waals surface area contributed by atoms with Gasteiger partial charge >= 0.3 is 0 Å². The minimum atomic E-state index is 0.757. The highest BCUT2D eigenvalue weighted by atomic mass is 79.9. The number of tetrazole rings is 1. The predicted molar refractivity (Wildman–Crippen MR) is 56.2 cm³/mol. The van der Waals surface area contributed by atoms with E-state index in [9.17, 15) is 0 Å². The minimum Gasteiger partial charge on any atom is -0.131 e. The van der Waals surface area contributed by atoms with Gasteiger partial charge in [-0.2, -0.15) is 0 Å². The van der Waals surface area contributed by atoms with Gasteiger partial charge in [0.2, 0.25) is 0 Å². The maximum Gasteiger partial charge on any atom is 0.174 e. The summed E-state index contributed by atoms with van der Waals surface area (Å²) in [4.78, 5) is 1.53. The highest BCUT2D eigenvalue weighted by Gasteiger charge is 2.01. The largest absolute Gasteiger partial charge is 0.174 e. The van der Waals surface area contributed by atoms with E-state index in [2.05, 4.69) is 31.3 Å². The lowest BCUT2D eigenvalue weighted by atomic mass is 10.3. The molecule has 0 bridgehead atoms. The van der Waals surface area contributed by atoms with Gasteiger partial charge in [-0.3, -0.25) is 0 Å². The molecule has 1 aromatic carbocycles. The summed E-state index contributed by atoms with van der Waals surface area (Å²) in [5.74, 6) is 0.757. The summed E-state index contributed by atoms with van der Waals surface area (Å²) in [6.45, 7) is 2.00. The predicted octanol–water partition coefficient (Wildman–Crippen LogP) is 1.99. The molecule has 1 aromatic heterocycles. The Labute approximate surface area is 90.1 Å². The van der Waals surface area contributed by atoms with Gasteiger partial charge < -0.3 is 0 Å². The van der Waals surface area contributed by atoms with Gasteiger partial charge in [-0.25, -0.2) is 0 Å². The van der Waals surface area contributed by atoms with Crippen molar-refractivity contribution in [2.45, 2.75) is 13.3 Å². The number of benzene rings is 1. The van der Waals surface area contributed by atoms with Crippen LogP contribution in [0.25, 0.3) is 5.69 Å². The summed E-state index contributed by atoms with van der Waals surface area (Å²) in [6, 6.07) is 7.77. The summed E-state index contributed by atoms with van der Waals surface area (Å²) >= 11 is 3.37. The molecule has 0 N–H and O–H groups in total. The van der Waals surface area contributed by atoms with Crippen LogP contribution in [0.2, 0.25) is 0 Å². The molecule has 2 aromatic rings. The van der Waals surface area contributed by atoms with E-state index in [0.29, 0.717) is 0 Å². The van der Waals surface area contributed by atoms with Gasteiger partial charge in [-0.05, 0) is 29.5 Å². The molecule has 4 nitrogen and oxygen atoms in total. The first-order valence-corrected chi connectivity index (χ1v) is 5.13. The van der Waals surface area contributed by atoms with Crippen molar-refractivity contribution in [1.82, 2.24) is 20.2 Å². The second-order valence-corrected chi connectivity index (χ2v) is 3.74. The molecular weight excluding hydrogens is 244 g/mol. The Morgan fingerprint density at radius 2 is 2.00 bits per heavy atom. The zero-order chi connectivity index (χ0) is 9.97. The van der Waals surface area contributed by atoms with Crippen LogP contribution in [0.3, 0.4) is 0 Å². The quantitative estimate of drug-likeness (QED) is 0.821. The third-order valence-corrected chi connectivity index (χ3v) is 2.36. The molecule has 0 fully saturated rings. The molecular formula is C9H9BrN4. The lowest BCUT2D eigenvalue weighted by molar-refractivity contribution is 0.718. The van der Waals surface area contributed by atoms with Crippen molar-refractivity contribution in [3.05, 3.63) is 34.6 Å². The fourth-order valence-electron chi connectivity index (χ4n) is 1.07. The van der Waals surface area contributed by atoms with E-state index in [4.69, 9.17) is 0 Å². The van der Waals surface area contributed by atoms with Crippen LogP contribution < -0.4 is 0 Å². The molecule has 0 amide bonds. The molecule has 0 saturated heterocycles. The lowest BCUT2D eigenvalue weighted by Gasteiger charge is -1.96. The number of nitrogens with zero attached hydrogens (tertiary/aromatic N) is 4. The highest BCUT2D eigenvalue weighted by Crippen LogP contribution is 2.12. The summed E-state index contributed by atoms with van der Waals surface area (Å²) in [6.07, 6.45) is 0.802. The topological polar surface area (TPSA) is 43.6 Å². The molecule has 1 heterocycles. The smallest absolute Gasteiger partial charge is 0.131 e. The number of aromatic nitrogens is 4. The molecule has 0 atom stereocenters. The van der Waals surface area contributed by atoms with E-state index in [1.807, 2.05) is 31.2 Å². The van der Waals surface area contributed by atoms with Crippen molar-refractivity contribution in [1.29, 1.82) is 0 Å². The van der Waals surface area contributed by atoms with Crippen LogP contribution in [-0.4, -0.2) is 20.2 Å². The van der Waals surface area contributed by atoms with Crippen molar-refractivity contribution >= 4 is 15.9 Å². The van der Waals surface area contributed by atoms with E-state index in [0.717, 1.165) is 22.4 Å². The molecule has 0 spiro atoms. The van der Waals surface area contributed by atoms with Crippen molar-refractivity contribution < 1.29 is 0 Å². The number of hydrogen-bond donors (Lipinski definition) is 0. The maximum atomic E-state index is 4.21. The Bertz CT molecular complexity index is 421. The van der Waals surface area contributed by atoms with Gasteiger partial charge in [-0.1, -0.05) is 22.9 Å². The number of aryl methyl sites for hydroxylation is 1. The third kappa shape index (κ3) is 1.82. The van der Waals surface area contributed by atoms with Crippen LogP contribution in [-0.2, 0) is 6.42 Å². The third-order valence-electron chi connectivity index (χ3n) is 1.83. The van der Waals surface area contributed by atoms with E-state index >= 15 is 0 Å². The zero-order valence-corrected chi connectivity index (χ0v) is 9.27. The molecule has 0 aliphatic rings. The van der Waals surface area contributed by atoms with Gasteiger partial charge in [0.1, 0.15) is 0 Å². The van der Waals surface area contributed by atoms with Gasteiger partial charge in [0.25, 0.3) is 0 Å². The number of halogens is 1. The van der Waals surface area contributed by atoms with Crippen molar-refractivity contribution in [3.63, 3.8) is 0 Å². The first-order chi connectivity index (χ1) is 6.79. The molecule has 0 aliphatic heterocycles. The number of rotatable bonds is 2. The summed E-state index contributed by atoms with van der Waals surface area (Å²) in [7, 11) is 0. The van der Waals surface area contributed by atoms with Crippen LogP contribution >= 0.6 is 15.9 Å². The molecule has 2 rings (SSSR count). The molecule has 14 heavy (non-hydrogen) atoms. The Kier molecular flexibility index (Phi) is 2.58. The fourth-order valence-corrected chi connectivity index (χ4v) is 1.33. The lowest BCUT2D eigenvalue weighted by Crippen LogP contribution is -1.98. The van der Waals surface area contributed by atoms with Gasteiger partial charge in [-0.15, -0.1) is 15.0 Å². The summed E-state index contributed by atoms with van der Waals surface area (Å²) in [5.41, 5.74) is 0.917. The van der Waals surface area contributed by atoms with E-state index in [1.165, 1.54) is 4.80 Å². The monoisotopic (exact) mass is 252 g/mol. The Balaban J connectivity index is 2.34. The zero-order valence-electron chi connectivity index (χ0n) is 7.68. The molecule has 0 aliphatic carbocycles. The van der Waals surface area contributed by atoms with Crippen molar-refractivity contribution in [2.75, 3.05) is 0 Å².